The van der Waals surface area contributed by atoms with E-state index in [1.807, 2.05) is 0 Å². The van der Waals surface area contributed by atoms with Gasteiger partial charge in [-0.15, -0.1) is 10.2 Å². The van der Waals surface area contributed by atoms with E-state index in [9.17, 15) is 18.0 Å². The molecule has 2 rings (SSSR count). The van der Waals surface area contributed by atoms with E-state index in [1.165, 1.54) is 0 Å². The van der Waals surface area contributed by atoms with Gasteiger partial charge in [0.25, 0.3) is 0 Å². The maximum absolute atomic E-state index is 12.6. The quantitative estimate of drug-likeness (QED) is 0.818. The fourth-order valence-corrected chi connectivity index (χ4v) is 1.55. The molecule has 0 saturated carbocycles. The number of esters is 1. The Bertz CT molecular complexity index is 613. The van der Waals surface area contributed by atoms with Gasteiger partial charge in [-0.25, -0.2) is 4.79 Å². The Kier molecular flexibility index (Phi) is 3.93. The highest BCUT2D eigenvalue weighted by Crippen LogP contribution is 2.30. The molecule has 0 aliphatic heterocycles. The normalized spacial score (nSPS) is 11.4. The zero-order valence-electron chi connectivity index (χ0n) is 9.76. The van der Waals surface area contributed by atoms with Crippen molar-refractivity contribution >= 4 is 17.7 Å². The SMILES string of the molecule is O=C(OCc1ccccc1)c1nn(Cl)nc1C(F)(F)F. The molecule has 1 aromatic heterocycles. The van der Waals surface area contributed by atoms with Gasteiger partial charge in [-0.1, -0.05) is 34.6 Å². The van der Waals surface area contributed by atoms with Crippen molar-refractivity contribution in [3.05, 3.63) is 47.3 Å². The van der Waals surface area contributed by atoms with Crippen molar-refractivity contribution in [3.8, 4) is 0 Å². The van der Waals surface area contributed by atoms with Gasteiger partial charge in [-0.2, -0.15) is 13.2 Å². The summed E-state index contributed by atoms with van der Waals surface area (Å²) < 4.78 is 42.7. The van der Waals surface area contributed by atoms with Gasteiger partial charge in [-0.3, -0.25) is 0 Å². The first kappa shape index (κ1) is 14.3. The molecule has 0 aliphatic rings. The highest BCUT2D eigenvalue weighted by molar-refractivity contribution is 6.14. The van der Waals surface area contributed by atoms with Crippen LogP contribution < -0.4 is 0 Å². The molecule has 106 valence electrons. The number of alkyl halides is 3. The number of hydrogen-bond acceptors (Lipinski definition) is 4. The van der Waals surface area contributed by atoms with E-state index in [-0.39, 0.29) is 10.9 Å². The molecule has 0 unspecified atom stereocenters. The van der Waals surface area contributed by atoms with Gasteiger partial charge < -0.3 is 4.74 Å². The number of carbonyl (C=O) groups is 1. The van der Waals surface area contributed by atoms with E-state index < -0.39 is 23.5 Å². The van der Waals surface area contributed by atoms with E-state index in [0.29, 0.717) is 5.56 Å². The van der Waals surface area contributed by atoms with Gasteiger partial charge in [0.15, 0.2) is 0 Å². The van der Waals surface area contributed by atoms with E-state index in [4.69, 9.17) is 16.5 Å². The number of halogens is 4. The number of hydrogen-bond donors (Lipinski definition) is 0. The summed E-state index contributed by atoms with van der Waals surface area (Å²) in [6.45, 7) is -0.174. The fourth-order valence-electron chi connectivity index (χ4n) is 1.40. The average molecular weight is 306 g/mol. The lowest BCUT2D eigenvalue weighted by atomic mass is 10.2. The van der Waals surface area contributed by atoms with Crippen LogP contribution in [0.15, 0.2) is 30.3 Å². The van der Waals surface area contributed by atoms with Crippen LogP contribution >= 0.6 is 11.8 Å². The summed E-state index contributed by atoms with van der Waals surface area (Å²) in [5, 5.41) is 6.07. The van der Waals surface area contributed by atoms with Crippen LogP contribution in [-0.4, -0.2) is 20.5 Å². The molecule has 0 fully saturated rings. The molecular formula is C11H7ClF3N3O2. The molecule has 1 heterocycles. The standard InChI is InChI=1S/C11H7ClF3N3O2/c12-18-16-8(9(17-18)11(13,14)15)10(19)20-6-7-4-2-1-3-5-7/h1-5H,6H2. The molecule has 2 aromatic rings. The monoisotopic (exact) mass is 305 g/mol. The van der Waals surface area contributed by atoms with Crippen LogP contribution in [0.25, 0.3) is 0 Å². The number of carbonyl (C=O) groups excluding carboxylic acids is 1. The summed E-state index contributed by atoms with van der Waals surface area (Å²) in [7, 11) is 0. The first-order chi connectivity index (χ1) is 9.38. The minimum absolute atomic E-state index is 0.155. The Hall–Kier alpha value is -2.09. The van der Waals surface area contributed by atoms with Gasteiger partial charge in [0.2, 0.25) is 11.4 Å². The number of nitrogens with zero attached hydrogens (tertiary/aromatic N) is 3. The zero-order chi connectivity index (χ0) is 14.8. The Morgan fingerprint density at radius 2 is 1.90 bits per heavy atom. The lowest BCUT2D eigenvalue weighted by Crippen LogP contribution is -2.15. The molecule has 0 bridgehead atoms. The van der Waals surface area contributed by atoms with Crippen molar-refractivity contribution in [1.82, 2.24) is 14.5 Å². The van der Waals surface area contributed by atoms with Gasteiger partial charge >= 0.3 is 12.1 Å². The maximum Gasteiger partial charge on any atom is 0.437 e. The predicted octanol–water partition coefficient (Wildman–Crippen LogP) is 2.66. The lowest BCUT2D eigenvalue weighted by Gasteiger charge is -2.05. The summed E-state index contributed by atoms with van der Waals surface area (Å²) in [6, 6.07) is 8.50. The molecule has 0 saturated heterocycles. The highest BCUT2D eigenvalue weighted by Gasteiger charge is 2.41. The van der Waals surface area contributed by atoms with Crippen molar-refractivity contribution in [2.24, 2.45) is 0 Å². The Labute approximate surface area is 116 Å². The number of rotatable bonds is 3. The first-order valence-corrected chi connectivity index (χ1v) is 5.63. The van der Waals surface area contributed by atoms with Gasteiger partial charge in [-0.05, 0) is 5.56 Å². The molecule has 0 amide bonds. The number of ether oxygens (including phenoxy) is 1. The maximum atomic E-state index is 12.6. The smallest absolute Gasteiger partial charge is 0.437 e. The fraction of sp³-hybridized carbons (Fsp3) is 0.182. The minimum atomic E-state index is -4.84. The Morgan fingerprint density at radius 1 is 1.25 bits per heavy atom. The Morgan fingerprint density at radius 3 is 2.50 bits per heavy atom. The number of aromatic nitrogens is 3. The molecule has 0 N–H and O–H groups in total. The second-order valence-electron chi connectivity index (χ2n) is 3.70. The summed E-state index contributed by atoms with van der Waals surface area (Å²) >= 11 is 5.22. The second kappa shape index (κ2) is 5.49. The van der Waals surface area contributed by atoms with Crippen LogP contribution in [0.4, 0.5) is 13.2 Å². The molecule has 20 heavy (non-hydrogen) atoms. The first-order valence-electron chi connectivity index (χ1n) is 5.29. The van der Waals surface area contributed by atoms with Crippen LogP contribution in [-0.2, 0) is 17.5 Å². The molecule has 5 nitrogen and oxygen atoms in total. The van der Waals surface area contributed by atoms with E-state index >= 15 is 0 Å². The third-order valence-corrected chi connectivity index (χ3v) is 2.42. The largest absolute Gasteiger partial charge is 0.456 e. The third-order valence-electron chi connectivity index (χ3n) is 2.26. The lowest BCUT2D eigenvalue weighted by molar-refractivity contribution is -0.141. The van der Waals surface area contributed by atoms with E-state index in [0.717, 1.165) is 0 Å². The van der Waals surface area contributed by atoms with Gasteiger partial charge in [0, 0.05) is 0 Å². The predicted molar refractivity (Wildman–Crippen MR) is 61.8 cm³/mol. The van der Waals surface area contributed by atoms with Gasteiger partial charge in [0.05, 0.1) is 11.8 Å². The molecule has 0 atom stereocenters. The molecule has 0 spiro atoms. The van der Waals surface area contributed by atoms with Crippen LogP contribution in [0, 0.1) is 0 Å². The second-order valence-corrected chi connectivity index (χ2v) is 4.00. The topological polar surface area (TPSA) is 57.0 Å². The highest BCUT2D eigenvalue weighted by atomic mass is 35.5. The van der Waals surface area contributed by atoms with Crippen molar-refractivity contribution in [2.45, 2.75) is 12.8 Å². The van der Waals surface area contributed by atoms with E-state index in [1.54, 1.807) is 30.3 Å². The summed E-state index contributed by atoms with van der Waals surface area (Å²) in [4.78, 5) is 11.6. The molecule has 0 radical (unpaired) electrons. The van der Waals surface area contributed by atoms with Crippen LogP contribution in [0.3, 0.4) is 0 Å². The molecule has 9 heteroatoms. The van der Waals surface area contributed by atoms with Crippen molar-refractivity contribution in [1.29, 1.82) is 0 Å². The number of benzene rings is 1. The van der Waals surface area contributed by atoms with Gasteiger partial charge in [0.1, 0.15) is 6.61 Å². The van der Waals surface area contributed by atoms with Crippen LogP contribution in [0.1, 0.15) is 21.7 Å². The van der Waals surface area contributed by atoms with E-state index in [2.05, 4.69) is 10.2 Å². The minimum Gasteiger partial charge on any atom is -0.456 e. The zero-order valence-corrected chi connectivity index (χ0v) is 10.5. The van der Waals surface area contributed by atoms with Crippen molar-refractivity contribution < 1.29 is 22.7 Å². The summed E-state index contributed by atoms with van der Waals surface area (Å²) in [5.41, 5.74) is -1.82. The van der Waals surface area contributed by atoms with Crippen LogP contribution in [0.5, 0.6) is 0 Å². The molecular weight excluding hydrogens is 299 g/mol. The summed E-state index contributed by atoms with van der Waals surface area (Å²) in [6.07, 6.45) is -4.84. The Balaban J connectivity index is 2.14. The van der Waals surface area contributed by atoms with Crippen molar-refractivity contribution in [2.75, 3.05) is 0 Å². The summed E-state index contributed by atoms with van der Waals surface area (Å²) in [5.74, 6) is -1.24. The third kappa shape index (κ3) is 3.27. The molecule has 1 aromatic carbocycles. The molecule has 0 aliphatic carbocycles. The van der Waals surface area contributed by atoms with Crippen LogP contribution in [0.2, 0.25) is 0 Å². The average Bonchev–Trinajstić information content (AvgIpc) is 2.79. The van der Waals surface area contributed by atoms with Crippen molar-refractivity contribution in [3.63, 3.8) is 0 Å².